The maximum absolute atomic E-state index is 10.7. The minimum atomic E-state index is -0.389. The Morgan fingerprint density at radius 1 is 0.931 bits per heavy atom. The van der Waals surface area contributed by atoms with Crippen molar-refractivity contribution in [3.8, 4) is 0 Å². The van der Waals surface area contributed by atoms with Gasteiger partial charge in [0.2, 0.25) is 0 Å². The molecule has 0 radical (unpaired) electrons. The van der Waals surface area contributed by atoms with Crippen molar-refractivity contribution in [2.45, 2.75) is 120 Å². The number of hydrogen-bond acceptors (Lipinski definition) is 4. The Hall–Kier alpha value is 0.620. The van der Waals surface area contributed by atoms with Gasteiger partial charge in [0.15, 0.2) is 0 Å². The summed E-state index contributed by atoms with van der Waals surface area (Å²) in [6, 6.07) is 0. The molecule has 0 fully saturated rings. The zero-order chi connectivity index (χ0) is 22.7. The summed E-state index contributed by atoms with van der Waals surface area (Å²) < 4.78 is 0. The van der Waals surface area contributed by atoms with Gasteiger partial charge in [-0.2, -0.15) is 0 Å². The molecule has 0 spiro atoms. The van der Waals surface area contributed by atoms with Crippen molar-refractivity contribution < 1.29 is 5.11 Å². The van der Waals surface area contributed by atoms with Gasteiger partial charge in [-0.15, -0.1) is 11.7 Å². The van der Waals surface area contributed by atoms with Crippen LogP contribution in [0.25, 0.3) is 0 Å². The molecule has 2 atom stereocenters. The fourth-order valence-corrected chi connectivity index (χ4v) is 5.75. The molecule has 0 saturated carbocycles. The van der Waals surface area contributed by atoms with E-state index in [0.717, 1.165) is 31.8 Å². The molecule has 4 heteroatoms. The summed E-state index contributed by atoms with van der Waals surface area (Å²) in [5, 5.41) is 10.7. The van der Waals surface area contributed by atoms with Crippen molar-refractivity contribution >= 4 is 22.5 Å². The van der Waals surface area contributed by atoms with Crippen LogP contribution >= 0.6 is 22.5 Å². The van der Waals surface area contributed by atoms with Gasteiger partial charge in [0.05, 0.1) is 0 Å². The topological polar surface area (TPSA) is 23.5 Å². The van der Waals surface area contributed by atoms with Crippen molar-refractivity contribution in [3.63, 3.8) is 0 Å². The molecule has 1 N–H and O–H groups in total. The van der Waals surface area contributed by atoms with Gasteiger partial charge < -0.3 is 5.11 Å². The third kappa shape index (κ3) is 14.3. The van der Waals surface area contributed by atoms with Crippen molar-refractivity contribution in [2.24, 2.45) is 22.2 Å². The fraction of sp³-hybridized carbons (Fsp3) is 1.00. The SMILES string of the molecule is CCCC(C)(C)CC(C)(C)CCN(CCCC(C)CC(C)(C)CC)C(O)CSS. The third-order valence-corrected chi connectivity index (χ3v) is 7.50. The highest BCUT2D eigenvalue weighted by Gasteiger charge is 2.29. The van der Waals surface area contributed by atoms with Gasteiger partial charge in [-0.05, 0) is 60.7 Å². The maximum Gasteiger partial charge on any atom is 0.117 e. The monoisotopic (exact) mass is 447 g/mol. The second-order valence-electron chi connectivity index (χ2n) is 11.8. The summed E-state index contributed by atoms with van der Waals surface area (Å²) in [5.74, 6) is 1.41. The highest BCUT2D eigenvalue weighted by Crippen LogP contribution is 2.39. The van der Waals surface area contributed by atoms with Crippen LogP contribution in [0.2, 0.25) is 0 Å². The van der Waals surface area contributed by atoms with Gasteiger partial charge >= 0.3 is 0 Å². The lowest BCUT2D eigenvalue weighted by Gasteiger charge is -2.37. The Bertz CT molecular complexity index is 423. The first kappa shape index (κ1) is 29.6. The van der Waals surface area contributed by atoms with E-state index in [1.165, 1.54) is 49.3 Å². The number of thiol groups is 1. The number of hydrogen-bond donors (Lipinski definition) is 2. The molecule has 0 saturated heterocycles. The van der Waals surface area contributed by atoms with E-state index in [1.807, 2.05) is 0 Å². The van der Waals surface area contributed by atoms with E-state index in [0.29, 0.717) is 22.0 Å². The molecule has 0 aromatic rings. The lowest BCUT2D eigenvalue weighted by atomic mass is 9.71. The smallest absolute Gasteiger partial charge is 0.117 e. The van der Waals surface area contributed by atoms with Gasteiger partial charge in [-0.25, -0.2) is 0 Å². The molecule has 29 heavy (non-hydrogen) atoms. The number of nitrogens with zero attached hydrogens (tertiary/aromatic N) is 1. The molecule has 0 aliphatic rings. The van der Waals surface area contributed by atoms with Crippen LogP contribution in [0.1, 0.15) is 114 Å². The van der Waals surface area contributed by atoms with Crippen LogP contribution in [0.5, 0.6) is 0 Å². The fourth-order valence-electron chi connectivity index (χ4n) is 5.01. The molecular formula is C25H53NOS2. The van der Waals surface area contributed by atoms with E-state index in [9.17, 15) is 5.11 Å². The van der Waals surface area contributed by atoms with Crippen LogP contribution in [0.15, 0.2) is 0 Å². The molecule has 2 nitrogen and oxygen atoms in total. The van der Waals surface area contributed by atoms with E-state index in [1.54, 1.807) is 0 Å². The lowest BCUT2D eigenvalue weighted by molar-refractivity contribution is 0.0100. The first-order valence-electron chi connectivity index (χ1n) is 12.0. The van der Waals surface area contributed by atoms with Gasteiger partial charge in [0.1, 0.15) is 6.23 Å². The van der Waals surface area contributed by atoms with Crippen LogP contribution in [0.4, 0.5) is 0 Å². The van der Waals surface area contributed by atoms with E-state index >= 15 is 0 Å². The van der Waals surface area contributed by atoms with Crippen LogP contribution in [-0.2, 0) is 0 Å². The Labute approximate surface area is 193 Å². The highest BCUT2D eigenvalue weighted by molar-refractivity contribution is 8.68. The molecule has 0 rings (SSSR count). The molecule has 2 unspecified atom stereocenters. The normalized spacial score (nSPS) is 15.7. The summed E-state index contributed by atoms with van der Waals surface area (Å²) in [6.07, 6.45) is 9.45. The number of aliphatic hydroxyl groups is 1. The summed E-state index contributed by atoms with van der Waals surface area (Å²) in [7, 11) is 1.44. The molecule has 0 heterocycles. The van der Waals surface area contributed by atoms with Gasteiger partial charge in [0.25, 0.3) is 0 Å². The van der Waals surface area contributed by atoms with E-state index in [2.05, 4.69) is 78.9 Å². The average Bonchev–Trinajstić information content (AvgIpc) is 2.56. The zero-order valence-corrected chi connectivity index (χ0v) is 22.9. The number of rotatable bonds is 17. The van der Waals surface area contributed by atoms with Gasteiger partial charge in [-0.3, -0.25) is 4.90 Å². The summed E-state index contributed by atoms with van der Waals surface area (Å²) in [6.45, 7) is 23.3. The van der Waals surface area contributed by atoms with E-state index < -0.39 is 0 Å². The van der Waals surface area contributed by atoms with Crippen molar-refractivity contribution in [2.75, 3.05) is 18.8 Å². The first-order valence-corrected chi connectivity index (χ1v) is 14.0. The largest absolute Gasteiger partial charge is 0.377 e. The standard InChI is InChI=1S/C25H53NOS2/c1-10-14-24(6,7)20-25(8,9)15-17-26(22(27)19-29-28)16-12-13-21(3)18-23(4,5)11-2/h21-22,27-28H,10-20H2,1-9H3. The second-order valence-corrected chi connectivity index (χ2v) is 13.2. The predicted molar refractivity (Wildman–Crippen MR) is 138 cm³/mol. The molecular weight excluding hydrogens is 394 g/mol. The van der Waals surface area contributed by atoms with Crippen molar-refractivity contribution in [1.82, 2.24) is 4.90 Å². The molecule has 0 aliphatic carbocycles. The molecule has 176 valence electrons. The predicted octanol–water partition coefficient (Wildman–Crippen LogP) is 8.06. The van der Waals surface area contributed by atoms with Crippen LogP contribution in [0.3, 0.4) is 0 Å². The van der Waals surface area contributed by atoms with E-state index in [4.69, 9.17) is 0 Å². The molecule has 0 aromatic heterocycles. The summed E-state index contributed by atoms with van der Waals surface area (Å²) >= 11 is 4.27. The minimum Gasteiger partial charge on any atom is -0.377 e. The molecule has 0 amide bonds. The highest BCUT2D eigenvalue weighted by atomic mass is 33.1. The Kier molecular flexibility index (Phi) is 14.2. The Balaban J connectivity index is 4.70. The third-order valence-electron chi connectivity index (χ3n) is 6.61. The molecule has 0 bridgehead atoms. The summed E-state index contributed by atoms with van der Waals surface area (Å²) in [4.78, 5) is 2.30. The van der Waals surface area contributed by atoms with Crippen LogP contribution < -0.4 is 0 Å². The minimum absolute atomic E-state index is 0.295. The average molecular weight is 448 g/mol. The number of aliphatic hydroxyl groups excluding tert-OH is 1. The van der Waals surface area contributed by atoms with Crippen LogP contribution in [0, 0.1) is 22.2 Å². The van der Waals surface area contributed by atoms with Crippen LogP contribution in [-0.4, -0.2) is 35.1 Å². The molecule has 0 aromatic carbocycles. The van der Waals surface area contributed by atoms with Crippen molar-refractivity contribution in [1.29, 1.82) is 0 Å². The first-order chi connectivity index (χ1) is 13.3. The quantitative estimate of drug-likeness (QED) is 0.134. The van der Waals surface area contributed by atoms with Crippen molar-refractivity contribution in [3.05, 3.63) is 0 Å². The zero-order valence-electron chi connectivity index (χ0n) is 21.2. The second kappa shape index (κ2) is 13.9. The molecule has 0 aliphatic heterocycles. The Morgan fingerprint density at radius 3 is 2.03 bits per heavy atom. The Morgan fingerprint density at radius 2 is 1.52 bits per heavy atom. The van der Waals surface area contributed by atoms with E-state index in [-0.39, 0.29) is 6.23 Å². The van der Waals surface area contributed by atoms with Gasteiger partial charge in [0, 0.05) is 18.8 Å². The lowest BCUT2D eigenvalue weighted by Crippen LogP contribution is -2.40. The van der Waals surface area contributed by atoms with Gasteiger partial charge in [-0.1, -0.05) is 85.9 Å². The summed E-state index contributed by atoms with van der Waals surface area (Å²) in [5.41, 5.74) is 1.13. The maximum atomic E-state index is 10.7.